The Balaban J connectivity index is 1.95. The lowest BCUT2D eigenvalue weighted by molar-refractivity contribution is -0.153. The zero-order valence-electron chi connectivity index (χ0n) is 17.3. The first-order valence-corrected chi connectivity index (χ1v) is 9.79. The van der Waals surface area contributed by atoms with Gasteiger partial charge in [-0.15, -0.1) is 0 Å². The van der Waals surface area contributed by atoms with E-state index in [4.69, 9.17) is 19.0 Å². The molecule has 0 amide bonds. The number of hydrogen-bond donors (Lipinski definition) is 0. The van der Waals surface area contributed by atoms with Gasteiger partial charge in [0.25, 0.3) is 0 Å². The fourth-order valence-electron chi connectivity index (χ4n) is 2.74. The second-order valence-electron chi connectivity index (χ2n) is 6.34. The van der Waals surface area contributed by atoms with Gasteiger partial charge >= 0.3 is 5.97 Å². The second-order valence-corrected chi connectivity index (χ2v) is 6.34. The minimum Gasteiger partial charge on any atom is -0.488 e. The number of carbonyl (C=O) groups excluding carboxylic acids is 1. The molecule has 0 saturated carbocycles. The Bertz CT molecular complexity index is 759. The molecule has 6 nitrogen and oxygen atoms in total. The SMILES string of the molecule is CCO/N=C(\COc1ccc(CC(OCC)C(=O)OC)cc1)Cc1ccccc1. The highest BCUT2D eigenvalue weighted by molar-refractivity contribution is 5.87. The van der Waals surface area contributed by atoms with Crippen LogP contribution < -0.4 is 4.74 Å². The van der Waals surface area contributed by atoms with Crippen LogP contribution in [-0.2, 0) is 31.9 Å². The monoisotopic (exact) mass is 399 g/mol. The molecule has 2 rings (SSSR count). The molecule has 6 heteroatoms. The van der Waals surface area contributed by atoms with Gasteiger partial charge in [0.1, 0.15) is 19.0 Å². The van der Waals surface area contributed by atoms with Crippen LogP contribution in [-0.4, -0.2) is 44.7 Å². The van der Waals surface area contributed by atoms with Crippen molar-refractivity contribution >= 4 is 11.7 Å². The van der Waals surface area contributed by atoms with Crippen molar-refractivity contribution in [3.63, 3.8) is 0 Å². The summed E-state index contributed by atoms with van der Waals surface area (Å²) in [6, 6.07) is 17.7. The summed E-state index contributed by atoms with van der Waals surface area (Å²) in [5, 5.41) is 4.18. The number of oxime groups is 1. The maximum absolute atomic E-state index is 11.8. The van der Waals surface area contributed by atoms with E-state index in [1.54, 1.807) is 0 Å². The zero-order valence-corrected chi connectivity index (χ0v) is 17.3. The van der Waals surface area contributed by atoms with Crippen LogP contribution in [0.25, 0.3) is 0 Å². The first-order valence-electron chi connectivity index (χ1n) is 9.79. The molecule has 0 N–H and O–H groups in total. The third-order valence-corrected chi connectivity index (χ3v) is 4.16. The van der Waals surface area contributed by atoms with Crippen molar-refractivity contribution in [1.82, 2.24) is 0 Å². The molecule has 156 valence electrons. The number of esters is 1. The van der Waals surface area contributed by atoms with E-state index >= 15 is 0 Å². The molecule has 1 atom stereocenters. The highest BCUT2D eigenvalue weighted by Crippen LogP contribution is 2.15. The van der Waals surface area contributed by atoms with Crippen LogP contribution >= 0.6 is 0 Å². The minimum atomic E-state index is -0.604. The molecule has 2 aromatic carbocycles. The van der Waals surface area contributed by atoms with Gasteiger partial charge in [0.2, 0.25) is 0 Å². The quantitative estimate of drug-likeness (QED) is 0.308. The Hall–Kier alpha value is -2.86. The number of carbonyl (C=O) groups is 1. The molecule has 0 fully saturated rings. The highest BCUT2D eigenvalue weighted by atomic mass is 16.6. The number of hydrogen-bond acceptors (Lipinski definition) is 6. The van der Waals surface area contributed by atoms with Crippen molar-refractivity contribution in [2.24, 2.45) is 5.16 Å². The summed E-state index contributed by atoms with van der Waals surface area (Å²) in [5.74, 6) is 0.349. The van der Waals surface area contributed by atoms with Crippen LogP contribution in [0.3, 0.4) is 0 Å². The Morgan fingerprint density at radius 3 is 2.31 bits per heavy atom. The smallest absolute Gasteiger partial charge is 0.335 e. The summed E-state index contributed by atoms with van der Waals surface area (Å²) in [4.78, 5) is 17.0. The summed E-state index contributed by atoms with van der Waals surface area (Å²) < 4.78 is 16.1. The summed E-state index contributed by atoms with van der Waals surface area (Å²) in [6.07, 6.45) is 0.507. The van der Waals surface area contributed by atoms with Crippen LogP contribution in [0.5, 0.6) is 5.75 Å². The first kappa shape index (κ1) is 22.4. The molecular formula is C23H29NO5. The standard InChI is InChI=1S/C23H29NO5/c1-4-27-22(23(25)26-3)16-19-11-13-21(14-12-19)28-17-20(24-29-5-2)15-18-9-7-6-8-10-18/h6-14,22H,4-5,15-17H2,1-3H3/b24-20-. The minimum absolute atomic E-state index is 0.331. The first-order chi connectivity index (χ1) is 14.2. The lowest BCUT2D eigenvalue weighted by atomic mass is 10.1. The molecule has 0 heterocycles. The van der Waals surface area contributed by atoms with Gasteiger partial charge < -0.3 is 19.0 Å². The summed E-state index contributed by atoms with van der Waals surface area (Å²) in [6.45, 7) is 5.03. The van der Waals surface area contributed by atoms with Crippen LogP contribution in [0, 0.1) is 0 Å². The summed E-state index contributed by atoms with van der Waals surface area (Å²) in [5.41, 5.74) is 2.92. The molecule has 2 aromatic rings. The predicted molar refractivity (Wildman–Crippen MR) is 112 cm³/mol. The molecule has 1 unspecified atom stereocenters. The van der Waals surface area contributed by atoms with E-state index in [0.29, 0.717) is 32.7 Å². The van der Waals surface area contributed by atoms with Gasteiger partial charge in [-0.1, -0.05) is 47.6 Å². The van der Waals surface area contributed by atoms with Crippen LogP contribution in [0.15, 0.2) is 59.8 Å². The van der Waals surface area contributed by atoms with Gasteiger partial charge in [-0.3, -0.25) is 0 Å². The van der Waals surface area contributed by atoms with Crippen molar-refractivity contribution < 1.29 is 23.8 Å². The van der Waals surface area contributed by atoms with Crippen molar-refractivity contribution in [1.29, 1.82) is 0 Å². The van der Waals surface area contributed by atoms with E-state index in [1.807, 2.05) is 68.4 Å². The molecule has 0 spiro atoms. The predicted octanol–water partition coefficient (Wildman–Crippen LogP) is 3.82. The van der Waals surface area contributed by atoms with Crippen molar-refractivity contribution in [2.45, 2.75) is 32.8 Å². The van der Waals surface area contributed by atoms with Gasteiger partial charge in [0, 0.05) is 19.4 Å². The van der Waals surface area contributed by atoms with Crippen LogP contribution in [0.1, 0.15) is 25.0 Å². The van der Waals surface area contributed by atoms with E-state index < -0.39 is 6.10 Å². The molecule has 0 aliphatic rings. The average Bonchev–Trinajstić information content (AvgIpc) is 2.76. The van der Waals surface area contributed by atoms with Gasteiger partial charge in [-0.2, -0.15) is 0 Å². The van der Waals surface area contributed by atoms with Crippen LogP contribution in [0.2, 0.25) is 0 Å². The summed E-state index contributed by atoms with van der Waals surface area (Å²) >= 11 is 0. The van der Waals surface area contributed by atoms with Crippen LogP contribution in [0.4, 0.5) is 0 Å². The number of nitrogens with zero attached hydrogens (tertiary/aromatic N) is 1. The Morgan fingerprint density at radius 2 is 1.69 bits per heavy atom. The lowest BCUT2D eigenvalue weighted by Gasteiger charge is -2.15. The number of ether oxygens (including phenoxy) is 3. The maximum atomic E-state index is 11.8. The highest BCUT2D eigenvalue weighted by Gasteiger charge is 2.19. The Labute approximate surface area is 172 Å². The summed E-state index contributed by atoms with van der Waals surface area (Å²) in [7, 11) is 1.36. The van der Waals surface area contributed by atoms with Gasteiger partial charge in [0.15, 0.2) is 6.10 Å². The number of rotatable bonds is 12. The zero-order chi connectivity index (χ0) is 20.9. The number of methoxy groups -OCH3 is 1. The van der Waals surface area contributed by atoms with Gasteiger partial charge in [-0.25, -0.2) is 4.79 Å². The maximum Gasteiger partial charge on any atom is 0.335 e. The fraction of sp³-hybridized carbons (Fsp3) is 0.391. The third kappa shape index (κ3) is 7.95. The van der Waals surface area contributed by atoms with E-state index in [2.05, 4.69) is 5.16 Å². The second kappa shape index (κ2) is 12.6. The van der Waals surface area contributed by atoms with Crippen molar-refractivity contribution in [3.8, 4) is 5.75 Å². The van der Waals surface area contributed by atoms with E-state index in [9.17, 15) is 4.79 Å². The largest absolute Gasteiger partial charge is 0.488 e. The molecule has 0 bridgehead atoms. The number of benzene rings is 2. The fourth-order valence-corrected chi connectivity index (χ4v) is 2.74. The average molecular weight is 399 g/mol. The van der Waals surface area contributed by atoms with Crippen molar-refractivity contribution in [2.75, 3.05) is 26.9 Å². The van der Waals surface area contributed by atoms with E-state index in [0.717, 1.165) is 22.6 Å². The van der Waals surface area contributed by atoms with Crippen molar-refractivity contribution in [3.05, 3.63) is 65.7 Å². The molecule has 0 aromatic heterocycles. The molecular weight excluding hydrogens is 370 g/mol. The molecule has 29 heavy (non-hydrogen) atoms. The molecule has 0 radical (unpaired) electrons. The third-order valence-electron chi connectivity index (χ3n) is 4.16. The van der Waals surface area contributed by atoms with Gasteiger partial charge in [-0.05, 0) is 37.1 Å². The topological polar surface area (TPSA) is 66.3 Å². The normalized spacial score (nSPS) is 12.3. The lowest BCUT2D eigenvalue weighted by Crippen LogP contribution is -2.28. The molecule has 0 saturated heterocycles. The molecule has 0 aliphatic carbocycles. The van der Waals surface area contributed by atoms with E-state index in [-0.39, 0.29) is 5.97 Å². The van der Waals surface area contributed by atoms with Gasteiger partial charge in [0.05, 0.1) is 12.8 Å². The Kier molecular flexibility index (Phi) is 9.72. The van der Waals surface area contributed by atoms with E-state index in [1.165, 1.54) is 7.11 Å². The molecule has 0 aliphatic heterocycles. The Morgan fingerprint density at radius 1 is 0.966 bits per heavy atom.